The minimum Gasteiger partial charge on any atom is -0.399 e. The van der Waals surface area contributed by atoms with Crippen LogP contribution < -0.4 is 10.5 Å². The number of nitrogens with zero attached hydrogens (tertiary/aromatic N) is 1. The predicted octanol–water partition coefficient (Wildman–Crippen LogP) is 1.46. The van der Waals surface area contributed by atoms with Gasteiger partial charge in [0.15, 0.2) is 0 Å². The molecule has 0 saturated heterocycles. The van der Waals surface area contributed by atoms with Crippen LogP contribution in [0.2, 0.25) is 0 Å². The average Bonchev–Trinajstić information content (AvgIpc) is 2.29. The Morgan fingerprint density at radius 3 is 2.47 bits per heavy atom. The second kappa shape index (κ2) is 4.42. The summed E-state index contributed by atoms with van der Waals surface area (Å²) in [4.78, 5) is 4.06. The van der Waals surface area contributed by atoms with E-state index in [1.807, 2.05) is 0 Å². The first-order valence-corrected chi connectivity index (χ1v) is 6.36. The van der Waals surface area contributed by atoms with Crippen LogP contribution in [0.25, 0.3) is 0 Å². The molecule has 2 aromatic rings. The number of nitrogens with two attached hydrogens (primary N) is 1. The van der Waals surface area contributed by atoms with Crippen molar-refractivity contribution in [2.24, 2.45) is 0 Å². The maximum atomic E-state index is 11.9. The van der Waals surface area contributed by atoms with Crippen molar-refractivity contribution in [3.8, 4) is 0 Å². The molecule has 1 heterocycles. The summed E-state index contributed by atoms with van der Waals surface area (Å²) in [5.41, 5.74) is 5.99. The zero-order valence-corrected chi connectivity index (χ0v) is 9.68. The highest BCUT2D eigenvalue weighted by molar-refractivity contribution is 7.92. The van der Waals surface area contributed by atoms with Gasteiger partial charge in [0.05, 0.1) is 4.90 Å². The summed E-state index contributed by atoms with van der Waals surface area (Å²) in [6.45, 7) is 0. The van der Waals surface area contributed by atoms with E-state index in [-0.39, 0.29) is 10.7 Å². The summed E-state index contributed by atoms with van der Waals surface area (Å²) in [6, 6.07) is 11.1. The molecule has 6 heteroatoms. The van der Waals surface area contributed by atoms with E-state index in [4.69, 9.17) is 5.73 Å². The first-order chi connectivity index (χ1) is 8.08. The van der Waals surface area contributed by atoms with Crippen LogP contribution in [0.15, 0.2) is 53.6 Å². The molecule has 0 bridgehead atoms. The lowest BCUT2D eigenvalue weighted by Crippen LogP contribution is -2.13. The zero-order chi connectivity index (χ0) is 12.3. The van der Waals surface area contributed by atoms with Crippen LogP contribution in [0.4, 0.5) is 11.5 Å². The smallest absolute Gasteiger partial charge is 0.263 e. The molecular formula is C11H11N3O2S. The molecule has 0 radical (unpaired) electrons. The molecule has 17 heavy (non-hydrogen) atoms. The third kappa shape index (κ3) is 2.73. The fourth-order valence-corrected chi connectivity index (χ4v) is 2.32. The molecule has 5 nitrogen and oxygen atoms in total. The molecule has 0 fully saturated rings. The van der Waals surface area contributed by atoms with Crippen LogP contribution in [0.3, 0.4) is 0 Å². The summed E-state index contributed by atoms with van der Waals surface area (Å²) in [6.07, 6.45) is 1.44. The number of nitrogens with one attached hydrogen (secondary N) is 1. The summed E-state index contributed by atoms with van der Waals surface area (Å²) < 4.78 is 26.2. The number of anilines is 2. The van der Waals surface area contributed by atoms with E-state index < -0.39 is 10.0 Å². The number of aromatic nitrogens is 1. The third-order valence-corrected chi connectivity index (χ3v) is 3.45. The molecule has 0 atom stereocenters. The molecule has 0 aliphatic rings. The SMILES string of the molecule is Nc1ccnc(NS(=O)(=O)c2ccccc2)c1. The largest absolute Gasteiger partial charge is 0.399 e. The van der Waals surface area contributed by atoms with E-state index in [1.54, 1.807) is 24.3 Å². The highest BCUT2D eigenvalue weighted by Gasteiger charge is 2.13. The van der Waals surface area contributed by atoms with Crippen LogP contribution in [-0.4, -0.2) is 13.4 Å². The molecular weight excluding hydrogens is 238 g/mol. The number of benzene rings is 1. The zero-order valence-electron chi connectivity index (χ0n) is 8.87. The Kier molecular flexibility index (Phi) is 2.97. The van der Waals surface area contributed by atoms with Gasteiger partial charge in [0.25, 0.3) is 10.0 Å². The Morgan fingerprint density at radius 2 is 1.82 bits per heavy atom. The summed E-state index contributed by atoms with van der Waals surface area (Å²) in [5, 5.41) is 0. The molecule has 1 aromatic carbocycles. The molecule has 0 aliphatic carbocycles. The van der Waals surface area contributed by atoms with Gasteiger partial charge in [-0.3, -0.25) is 4.72 Å². The second-order valence-corrected chi connectivity index (χ2v) is 5.08. The number of pyridine rings is 1. The quantitative estimate of drug-likeness (QED) is 0.862. The molecule has 0 saturated carbocycles. The van der Waals surface area contributed by atoms with Crippen molar-refractivity contribution in [1.82, 2.24) is 4.98 Å². The molecule has 3 N–H and O–H groups in total. The molecule has 2 rings (SSSR count). The van der Waals surface area contributed by atoms with Crippen molar-refractivity contribution in [2.75, 3.05) is 10.5 Å². The molecule has 1 aromatic heterocycles. The van der Waals surface area contributed by atoms with Crippen LogP contribution in [0.1, 0.15) is 0 Å². The van der Waals surface area contributed by atoms with Crippen LogP contribution >= 0.6 is 0 Å². The van der Waals surface area contributed by atoms with Gasteiger partial charge in [-0.2, -0.15) is 0 Å². The first-order valence-electron chi connectivity index (χ1n) is 4.87. The van der Waals surface area contributed by atoms with E-state index >= 15 is 0 Å². The van der Waals surface area contributed by atoms with Crippen LogP contribution in [0, 0.1) is 0 Å². The lowest BCUT2D eigenvalue weighted by molar-refractivity contribution is 0.601. The Hall–Kier alpha value is -2.08. The Balaban J connectivity index is 2.30. The van der Waals surface area contributed by atoms with Gasteiger partial charge < -0.3 is 5.73 Å². The summed E-state index contributed by atoms with van der Waals surface area (Å²) in [5.74, 6) is 0.203. The number of hydrogen-bond acceptors (Lipinski definition) is 4. The lowest BCUT2D eigenvalue weighted by atomic mass is 10.4. The van der Waals surface area contributed by atoms with Crippen LogP contribution in [-0.2, 0) is 10.0 Å². The van der Waals surface area contributed by atoms with Crippen molar-refractivity contribution < 1.29 is 8.42 Å². The highest BCUT2D eigenvalue weighted by Crippen LogP contribution is 2.15. The van der Waals surface area contributed by atoms with Crippen molar-refractivity contribution in [3.63, 3.8) is 0 Å². The average molecular weight is 249 g/mol. The minimum absolute atomic E-state index is 0.184. The third-order valence-electron chi connectivity index (χ3n) is 2.08. The number of nitrogen functional groups attached to an aromatic ring is 1. The van der Waals surface area contributed by atoms with Gasteiger partial charge in [0.2, 0.25) is 0 Å². The summed E-state index contributed by atoms with van der Waals surface area (Å²) in [7, 11) is -3.60. The number of hydrogen-bond donors (Lipinski definition) is 2. The molecule has 0 spiro atoms. The molecule has 88 valence electrons. The van der Waals surface area contributed by atoms with E-state index in [0.29, 0.717) is 5.69 Å². The van der Waals surface area contributed by atoms with E-state index in [2.05, 4.69) is 9.71 Å². The standard InChI is InChI=1S/C11H11N3O2S/c12-9-6-7-13-11(8-9)14-17(15,16)10-4-2-1-3-5-10/h1-8H,(H3,12,13,14). The maximum Gasteiger partial charge on any atom is 0.263 e. The van der Waals surface area contributed by atoms with Crippen molar-refractivity contribution in [2.45, 2.75) is 4.90 Å². The fourth-order valence-electron chi connectivity index (χ4n) is 1.30. The van der Waals surface area contributed by atoms with E-state index in [9.17, 15) is 8.42 Å². The normalized spacial score (nSPS) is 11.1. The van der Waals surface area contributed by atoms with Gasteiger partial charge in [-0.05, 0) is 18.2 Å². The van der Waals surface area contributed by atoms with Gasteiger partial charge in [-0.25, -0.2) is 13.4 Å². The van der Waals surface area contributed by atoms with E-state index in [1.165, 1.54) is 24.4 Å². The maximum absolute atomic E-state index is 11.9. The molecule has 0 unspecified atom stereocenters. The van der Waals surface area contributed by atoms with Crippen molar-refractivity contribution in [1.29, 1.82) is 0 Å². The molecule has 0 aliphatic heterocycles. The van der Waals surface area contributed by atoms with Crippen molar-refractivity contribution in [3.05, 3.63) is 48.7 Å². The highest BCUT2D eigenvalue weighted by atomic mass is 32.2. The fraction of sp³-hybridized carbons (Fsp3) is 0. The van der Waals surface area contributed by atoms with Gasteiger partial charge >= 0.3 is 0 Å². The second-order valence-electron chi connectivity index (χ2n) is 3.39. The summed E-state index contributed by atoms with van der Waals surface area (Å²) >= 11 is 0. The van der Waals surface area contributed by atoms with Gasteiger partial charge in [-0.1, -0.05) is 18.2 Å². The van der Waals surface area contributed by atoms with Crippen molar-refractivity contribution >= 4 is 21.5 Å². The van der Waals surface area contributed by atoms with Gasteiger partial charge in [0.1, 0.15) is 5.82 Å². The number of sulfonamides is 1. The minimum atomic E-state index is -3.60. The Labute approximate surface area is 99.4 Å². The predicted molar refractivity (Wildman–Crippen MR) is 65.9 cm³/mol. The Morgan fingerprint density at radius 1 is 1.12 bits per heavy atom. The first kappa shape index (κ1) is 11.4. The topological polar surface area (TPSA) is 85.1 Å². The Bertz CT molecular complexity index is 612. The monoisotopic (exact) mass is 249 g/mol. The molecule has 0 amide bonds. The van der Waals surface area contributed by atoms with E-state index in [0.717, 1.165) is 0 Å². The van der Waals surface area contributed by atoms with Gasteiger partial charge in [0, 0.05) is 18.0 Å². The number of rotatable bonds is 3. The lowest BCUT2D eigenvalue weighted by Gasteiger charge is -2.07. The van der Waals surface area contributed by atoms with Gasteiger partial charge in [-0.15, -0.1) is 0 Å². The van der Waals surface area contributed by atoms with Crippen LogP contribution in [0.5, 0.6) is 0 Å².